The molecule has 0 atom stereocenters. The van der Waals surface area contributed by atoms with Gasteiger partial charge in [-0.3, -0.25) is 4.79 Å². The molecule has 2 aromatic rings. The van der Waals surface area contributed by atoms with E-state index in [1.165, 1.54) is 4.09 Å². The SMILES string of the molecule is CNC(=O)c1cc2cc(OC)ccc2n1Cl. The highest BCUT2D eigenvalue weighted by Gasteiger charge is 2.13. The van der Waals surface area contributed by atoms with Crippen molar-refractivity contribution in [2.45, 2.75) is 0 Å². The molecule has 0 bridgehead atoms. The lowest BCUT2D eigenvalue weighted by molar-refractivity contribution is 0.0958. The van der Waals surface area contributed by atoms with Crippen LogP contribution in [0.1, 0.15) is 10.5 Å². The maximum atomic E-state index is 11.5. The molecule has 0 saturated heterocycles. The van der Waals surface area contributed by atoms with E-state index in [1.807, 2.05) is 12.1 Å². The average molecular weight is 239 g/mol. The monoisotopic (exact) mass is 238 g/mol. The molecule has 1 amide bonds. The lowest BCUT2D eigenvalue weighted by Gasteiger charge is -2.00. The number of carbonyl (C=O) groups is 1. The van der Waals surface area contributed by atoms with E-state index in [1.54, 1.807) is 26.3 Å². The van der Waals surface area contributed by atoms with Crippen molar-refractivity contribution in [2.24, 2.45) is 0 Å². The van der Waals surface area contributed by atoms with Crippen molar-refractivity contribution in [3.05, 3.63) is 30.0 Å². The van der Waals surface area contributed by atoms with Crippen LogP contribution in [0, 0.1) is 0 Å². The van der Waals surface area contributed by atoms with Gasteiger partial charge in [0, 0.05) is 24.2 Å². The van der Waals surface area contributed by atoms with Crippen LogP contribution in [-0.4, -0.2) is 24.2 Å². The molecule has 0 spiro atoms. The first-order chi connectivity index (χ1) is 7.67. The van der Waals surface area contributed by atoms with E-state index in [4.69, 9.17) is 16.5 Å². The van der Waals surface area contributed by atoms with Crippen molar-refractivity contribution in [3.63, 3.8) is 0 Å². The van der Waals surface area contributed by atoms with E-state index in [-0.39, 0.29) is 5.91 Å². The van der Waals surface area contributed by atoms with Gasteiger partial charge in [0.05, 0.1) is 12.6 Å². The third-order valence-electron chi connectivity index (χ3n) is 2.41. The summed E-state index contributed by atoms with van der Waals surface area (Å²) in [5.74, 6) is 0.517. The molecule has 1 heterocycles. The van der Waals surface area contributed by atoms with Crippen LogP contribution in [0.25, 0.3) is 10.9 Å². The molecule has 2 rings (SSSR count). The highest BCUT2D eigenvalue weighted by atomic mass is 35.5. The van der Waals surface area contributed by atoms with Crippen molar-refractivity contribution in [3.8, 4) is 5.75 Å². The smallest absolute Gasteiger partial charge is 0.269 e. The minimum atomic E-state index is -0.217. The zero-order valence-corrected chi connectivity index (χ0v) is 9.71. The predicted octanol–water partition coefficient (Wildman–Crippen LogP) is 2.01. The van der Waals surface area contributed by atoms with Crippen molar-refractivity contribution >= 4 is 28.6 Å². The molecule has 1 aromatic heterocycles. The molecule has 0 aliphatic heterocycles. The summed E-state index contributed by atoms with van der Waals surface area (Å²) < 4.78 is 6.45. The number of fused-ring (bicyclic) bond motifs is 1. The van der Waals surface area contributed by atoms with Gasteiger partial charge in [0.15, 0.2) is 0 Å². The molecule has 0 fully saturated rings. The minimum Gasteiger partial charge on any atom is -0.497 e. The van der Waals surface area contributed by atoms with Crippen molar-refractivity contribution in [1.82, 2.24) is 9.40 Å². The number of halogens is 1. The second kappa shape index (κ2) is 4.06. The number of rotatable bonds is 2. The Morgan fingerprint density at radius 1 is 1.44 bits per heavy atom. The molecule has 0 unspecified atom stereocenters. The number of hydrogen-bond acceptors (Lipinski definition) is 2. The van der Waals surface area contributed by atoms with E-state index in [0.717, 1.165) is 16.7 Å². The number of nitrogens with zero attached hydrogens (tertiary/aromatic N) is 1. The summed E-state index contributed by atoms with van der Waals surface area (Å²) >= 11 is 6.04. The fraction of sp³-hybridized carbons (Fsp3) is 0.182. The van der Waals surface area contributed by atoms with Crippen LogP contribution in [0.15, 0.2) is 24.3 Å². The summed E-state index contributed by atoms with van der Waals surface area (Å²) in [6.45, 7) is 0. The molecule has 16 heavy (non-hydrogen) atoms. The van der Waals surface area contributed by atoms with E-state index < -0.39 is 0 Å². The first-order valence-corrected chi connectivity index (χ1v) is 5.09. The average Bonchev–Trinajstić information content (AvgIpc) is 2.65. The third-order valence-corrected chi connectivity index (χ3v) is 2.77. The highest BCUT2D eigenvalue weighted by molar-refractivity contribution is 6.22. The van der Waals surface area contributed by atoms with Crippen LogP contribution >= 0.6 is 11.8 Å². The zero-order valence-electron chi connectivity index (χ0n) is 8.95. The topological polar surface area (TPSA) is 43.3 Å². The standard InChI is InChI=1S/C11H11ClN2O2/c1-13-11(15)10-6-7-5-8(16-2)3-4-9(7)14(10)12/h3-6H,1-2H3,(H,13,15). The van der Waals surface area contributed by atoms with Gasteiger partial charge in [0.2, 0.25) is 0 Å². The molecule has 1 N–H and O–H groups in total. The third kappa shape index (κ3) is 1.61. The molecule has 4 nitrogen and oxygen atoms in total. The fourth-order valence-electron chi connectivity index (χ4n) is 1.57. The Kier molecular flexibility index (Phi) is 2.75. The van der Waals surface area contributed by atoms with Crippen LogP contribution in [0.5, 0.6) is 5.75 Å². The Labute approximate surface area is 97.9 Å². The molecular formula is C11H11ClN2O2. The lowest BCUT2D eigenvalue weighted by Crippen LogP contribution is -2.19. The Balaban J connectivity index is 2.63. The molecule has 1 aromatic carbocycles. The summed E-state index contributed by atoms with van der Waals surface area (Å²) in [6.07, 6.45) is 0. The van der Waals surface area contributed by atoms with E-state index >= 15 is 0 Å². The van der Waals surface area contributed by atoms with Crippen LogP contribution in [0.2, 0.25) is 0 Å². The predicted molar refractivity (Wildman–Crippen MR) is 63.1 cm³/mol. The minimum absolute atomic E-state index is 0.217. The summed E-state index contributed by atoms with van der Waals surface area (Å²) in [7, 11) is 3.16. The van der Waals surface area contributed by atoms with Gasteiger partial charge in [-0.15, -0.1) is 0 Å². The van der Waals surface area contributed by atoms with Gasteiger partial charge in [-0.25, -0.2) is 4.09 Å². The summed E-state index contributed by atoms with van der Waals surface area (Å²) in [5, 5.41) is 3.40. The molecule has 5 heteroatoms. The van der Waals surface area contributed by atoms with Gasteiger partial charge < -0.3 is 10.1 Å². The van der Waals surface area contributed by atoms with E-state index in [2.05, 4.69) is 5.32 Å². The molecule has 0 radical (unpaired) electrons. The van der Waals surface area contributed by atoms with Crippen LogP contribution < -0.4 is 10.1 Å². The second-order valence-electron chi connectivity index (χ2n) is 3.31. The fourth-order valence-corrected chi connectivity index (χ4v) is 1.85. The molecule has 84 valence electrons. The number of benzene rings is 1. The number of amides is 1. The first kappa shape index (κ1) is 10.8. The van der Waals surface area contributed by atoms with Gasteiger partial charge in [-0.1, -0.05) is 0 Å². The van der Waals surface area contributed by atoms with Crippen molar-refractivity contribution in [1.29, 1.82) is 0 Å². The number of methoxy groups -OCH3 is 1. The number of aromatic nitrogens is 1. The highest BCUT2D eigenvalue weighted by Crippen LogP contribution is 2.25. The number of nitrogens with one attached hydrogen (secondary N) is 1. The number of ether oxygens (including phenoxy) is 1. The molecular weight excluding hydrogens is 228 g/mol. The van der Waals surface area contributed by atoms with Gasteiger partial charge in [0.1, 0.15) is 11.4 Å². The number of hydrogen-bond donors (Lipinski definition) is 1. The number of carbonyl (C=O) groups excluding carboxylic acids is 1. The Morgan fingerprint density at radius 2 is 2.19 bits per heavy atom. The second-order valence-corrected chi connectivity index (χ2v) is 3.65. The van der Waals surface area contributed by atoms with Crippen LogP contribution in [-0.2, 0) is 0 Å². The van der Waals surface area contributed by atoms with Gasteiger partial charge in [-0.2, -0.15) is 0 Å². The quantitative estimate of drug-likeness (QED) is 0.870. The molecule has 0 aliphatic rings. The van der Waals surface area contributed by atoms with Gasteiger partial charge in [0.25, 0.3) is 5.91 Å². The van der Waals surface area contributed by atoms with E-state index in [9.17, 15) is 4.79 Å². The zero-order chi connectivity index (χ0) is 11.7. The lowest BCUT2D eigenvalue weighted by atomic mass is 10.2. The molecule has 0 aliphatic carbocycles. The van der Waals surface area contributed by atoms with Crippen molar-refractivity contribution in [2.75, 3.05) is 14.2 Å². The van der Waals surface area contributed by atoms with Crippen LogP contribution in [0.4, 0.5) is 0 Å². The summed E-state index contributed by atoms with van der Waals surface area (Å²) in [6, 6.07) is 7.17. The Hall–Kier alpha value is -1.68. The first-order valence-electron chi connectivity index (χ1n) is 4.75. The largest absolute Gasteiger partial charge is 0.497 e. The Morgan fingerprint density at radius 3 is 2.81 bits per heavy atom. The summed E-state index contributed by atoms with van der Waals surface area (Å²) in [5.41, 5.74) is 1.19. The molecule has 0 saturated carbocycles. The normalized spacial score (nSPS) is 10.4. The van der Waals surface area contributed by atoms with Crippen LogP contribution in [0.3, 0.4) is 0 Å². The van der Waals surface area contributed by atoms with Gasteiger partial charge in [-0.05, 0) is 24.3 Å². The maximum Gasteiger partial charge on any atom is 0.269 e. The van der Waals surface area contributed by atoms with E-state index in [0.29, 0.717) is 5.69 Å². The maximum absolute atomic E-state index is 11.5. The van der Waals surface area contributed by atoms with Gasteiger partial charge >= 0.3 is 0 Å². The van der Waals surface area contributed by atoms with Crippen molar-refractivity contribution < 1.29 is 9.53 Å². The summed E-state index contributed by atoms with van der Waals surface area (Å²) in [4.78, 5) is 11.5. The Bertz CT molecular complexity index is 548.